The van der Waals surface area contributed by atoms with Gasteiger partial charge >= 0.3 is 0 Å². The van der Waals surface area contributed by atoms with Crippen LogP contribution in [0.4, 0.5) is 0 Å². The first-order valence-electron chi connectivity index (χ1n) is 5.70. The molecular weight excluding hydrogens is 202 g/mol. The minimum atomic E-state index is 0.546. The summed E-state index contributed by atoms with van der Waals surface area (Å²) in [5.74, 6) is 2.27. The lowest BCUT2D eigenvalue weighted by Crippen LogP contribution is -2.10. The fourth-order valence-electron chi connectivity index (χ4n) is 2.46. The van der Waals surface area contributed by atoms with Crippen LogP contribution in [0.2, 0.25) is 0 Å². The monoisotopic (exact) mass is 221 g/mol. The Morgan fingerprint density at radius 1 is 1.25 bits per heavy atom. The lowest BCUT2D eigenvalue weighted by molar-refractivity contribution is 0.349. The minimum absolute atomic E-state index is 0.546. The number of methoxy groups -OCH3 is 2. The van der Waals surface area contributed by atoms with Gasteiger partial charge in [0, 0.05) is 18.0 Å². The standard InChI is InChI=1S/C13H19NO2/c1-9-4-5-11(15-2)13(16-3)12(9)10-6-7-14-8-10/h4-5,10,14H,6-8H2,1-3H3. The van der Waals surface area contributed by atoms with Gasteiger partial charge in [-0.05, 0) is 31.5 Å². The lowest BCUT2D eigenvalue weighted by atomic mass is 9.92. The van der Waals surface area contributed by atoms with Crippen LogP contribution in [-0.2, 0) is 0 Å². The average molecular weight is 221 g/mol. The molecule has 0 bridgehead atoms. The molecule has 0 saturated carbocycles. The van der Waals surface area contributed by atoms with E-state index in [1.807, 2.05) is 6.07 Å². The molecule has 3 nitrogen and oxygen atoms in total. The Morgan fingerprint density at radius 2 is 2.06 bits per heavy atom. The highest BCUT2D eigenvalue weighted by atomic mass is 16.5. The predicted molar refractivity (Wildman–Crippen MR) is 64.5 cm³/mol. The van der Waals surface area contributed by atoms with Gasteiger partial charge in [0.1, 0.15) is 0 Å². The highest BCUT2D eigenvalue weighted by Gasteiger charge is 2.24. The summed E-state index contributed by atoms with van der Waals surface area (Å²) < 4.78 is 10.9. The van der Waals surface area contributed by atoms with Gasteiger partial charge in [0.25, 0.3) is 0 Å². The SMILES string of the molecule is COc1ccc(C)c(C2CCNC2)c1OC. The first-order chi connectivity index (χ1) is 7.77. The summed E-state index contributed by atoms with van der Waals surface area (Å²) in [6.07, 6.45) is 1.17. The number of hydrogen-bond acceptors (Lipinski definition) is 3. The van der Waals surface area contributed by atoms with Gasteiger partial charge in [-0.25, -0.2) is 0 Å². The van der Waals surface area contributed by atoms with Crippen LogP contribution < -0.4 is 14.8 Å². The molecule has 0 aliphatic carbocycles. The maximum absolute atomic E-state index is 5.51. The van der Waals surface area contributed by atoms with Gasteiger partial charge < -0.3 is 14.8 Å². The van der Waals surface area contributed by atoms with E-state index >= 15 is 0 Å². The van der Waals surface area contributed by atoms with Crippen molar-refractivity contribution in [1.29, 1.82) is 0 Å². The maximum atomic E-state index is 5.51. The van der Waals surface area contributed by atoms with Crippen LogP contribution in [0.25, 0.3) is 0 Å². The maximum Gasteiger partial charge on any atom is 0.164 e. The molecular formula is C13H19NO2. The molecule has 1 fully saturated rings. The number of rotatable bonds is 3. The van der Waals surface area contributed by atoms with Crippen molar-refractivity contribution in [3.8, 4) is 11.5 Å². The minimum Gasteiger partial charge on any atom is -0.493 e. The molecule has 16 heavy (non-hydrogen) atoms. The Morgan fingerprint density at radius 3 is 2.62 bits per heavy atom. The van der Waals surface area contributed by atoms with E-state index in [2.05, 4.69) is 18.3 Å². The van der Waals surface area contributed by atoms with Crippen molar-refractivity contribution >= 4 is 0 Å². The van der Waals surface area contributed by atoms with Gasteiger partial charge in [-0.15, -0.1) is 0 Å². The van der Waals surface area contributed by atoms with E-state index in [1.54, 1.807) is 14.2 Å². The zero-order valence-corrected chi connectivity index (χ0v) is 10.2. The van der Waals surface area contributed by atoms with E-state index < -0.39 is 0 Å². The molecule has 1 unspecified atom stereocenters. The molecule has 1 aromatic carbocycles. The van der Waals surface area contributed by atoms with E-state index in [4.69, 9.17) is 9.47 Å². The largest absolute Gasteiger partial charge is 0.493 e. The van der Waals surface area contributed by atoms with Gasteiger partial charge in [0.15, 0.2) is 11.5 Å². The van der Waals surface area contributed by atoms with E-state index in [0.29, 0.717) is 5.92 Å². The molecule has 88 valence electrons. The van der Waals surface area contributed by atoms with Crippen molar-refractivity contribution in [1.82, 2.24) is 5.32 Å². The van der Waals surface area contributed by atoms with Crippen molar-refractivity contribution in [3.63, 3.8) is 0 Å². The first kappa shape index (κ1) is 11.3. The number of nitrogens with one attached hydrogen (secondary N) is 1. The van der Waals surface area contributed by atoms with Crippen LogP contribution in [0, 0.1) is 6.92 Å². The average Bonchev–Trinajstić information content (AvgIpc) is 2.81. The molecule has 1 N–H and O–H groups in total. The van der Waals surface area contributed by atoms with Gasteiger partial charge in [-0.1, -0.05) is 6.07 Å². The molecule has 1 aromatic rings. The van der Waals surface area contributed by atoms with Crippen molar-refractivity contribution in [2.24, 2.45) is 0 Å². The normalized spacial score (nSPS) is 19.8. The lowest BCUT2D eigenvalue weighted by Gasteiger charge is -2.19. The van der Waals surface area contributed by atoms with E-state index in [9.17, 15) is 0 Å². The number of aryl methyl sites for hydroxylation is 1. The molecule has 3 heteroatoms. The Bertz CT molecular complexity index is 370. The second-order valence-electron chi connectivity index (χ2n) is 4.22. The second kappa shape index (κ2) is 4.74. The summed E-state index contributed by atoms with van der Waals surface area (Å²) in [5.41, 5.74) is 2.58. The first-order valence-corrected chi connectivity index (χ1v) is 5.70. The molecule has 0 spiro atoms. The molecule has 1 saturated heterocycles. The summed E-state index contributed by atoms with van der Waals surface area (Å²) in [6.45, 7) is 4.25. The number of ether oxygens (including phenoxy) is 2. The smallest absolute Gasteiger partial charge is 0.164 e. The molecule has 0 radical (unpaired) electrons. The number of hydrogen-bond donors (Lipinski definition) is 1. The van der Waals surface area contributed by atoms with Gasteiger partial charge in [-0.3, -0.25) is 0 Å². The summed E-state index contributed by atoms with van der Waals surface area (Å²) in [4.78, 5) is 0. The van der Waals surface area contributed by atoms with Gasteiger partial charge in [0.05, 0.1) is 14.2 Å². The van der Waals surface area contributed by atoms with Crippen molar-refractivity contribution in [3.05, 3.63) is 23.3 Å². The third kappa shape index (κ3) is 1.87. The van der Waals surface area contributed by atoms with Crippen LogP contribution in [0.3, 0.4) is 0 Å². The van der Waals surface area contributed by atoms with Crippen molar-refractivity contribution in [2.75, 3.05) is 27.3 Å². The second-order valence-corrected chi connectivity index (χ2v) is 4.22. The molecule has 2 rings (SSSR count). The molecule has 1 aliphatic heterocycles. The van der Waals surface area contributed by atoms with Crippen molar-refractivity contribution in [2.45, 2.75) is 19.3 Å². The molecule has 1 aliphatic rings. The third-order valence-corrected chi connectivity index (χ3v) is 3.27. The van der Waals surface area contributed by atoms with Crippen molar-refractivity contribution < 1.29 is 9.47 Å². The zero-order valence-electron chi connectivity index (χ0n) is 10.2. The fourth-order valence-corrected chi connectivity index (χ4v) is 2.46. The topological polar surface area (TPSA) is 30.5 Å². The molecule has 0 aromatic heterocycles. The summed E-state index contributed by atoms with van der Waals surface area (Å²) in [6, 6.07) is 4.08. The fraction of sp³-hybridized carbons (Fsp3) is 0.538. The van der Waals surface area contributed by atoms with Gasteiger partial charge in [0.2, 0.25) is 0 Å². The van der Waals surface area contributed by atoms with Crippen LogP contribution in [-0.4, -0.2) is 27.3 Å². The van der Waals surface area contributed by atoms with Crippen LogP contribution in [0.5, 0.6) is 11.5 Å². The van der Waals surface area contributed by atoms with Crippen LogP contribution >= 0.6 is 0 Å². The van der Waals surface area contributed by atoms with E-state index in [-0.39, 0.29) is 0 Å². The Hall–Kier alpha value is -1.22. The Labute approximate surface area is 96.8 Å². The van der Waals surface area contributed by atoms with Gasteiger partial charge in [-0.2, -0.15) is 0 Å². The summed E-state index contributed by atoms with van der Waals surface area (Å²) >= 11 is 0. The molecule has 0 amide bonds. The van der Waals surface area contributed by atoms with E-state index in [1.165, 1.54) is 17.5 Å². The molecule has 1 atom stereocenters. The highest BCUT2D eigenvalue weighted by molar-refractivity contribution is 5.52. The number of benzene rings is 1. The molecule has 1 heterocycles. The zero-order chi connectivity index (χ0) is 11.5. The van der Waals surface area contributed by atoms with Crippen LogP contribution in [0.1, 0.15) is 23.5 Å². The predicted octanol–water partition coefficient (Wildman–Crippen LogP) is 2.09. The van der Waals surface area contributed by atoms with Crippen LogP contribution in [0.15, 0.2) is 12.1 Å². The summed E-state index contributed by atoms with van der Waals surface area (Å²) in [7, 11) is 3.40. The highest BCUT2D eigenvalue weighted by Crippen LogP contribution is 2.39. The third-order valence-electron chi connectivity index (χ3n) is 3.27. The quantitative estimate of drug-likeness (QED) is 0.847. The summed E-state index contributed by atoms with van der Waals surface area (Å²) in [5, 5.41) is 3.39. The Kier molecular flexibility index (Phi) is 3.34. The van der Waals surface area contributed by atoms with E-state index in [0.717, 1.165) is 24.6 Å². The Balaban J connectivity index is 2.47.